The minimum absolute atomic E-state index is 0.126. The molecule has 1 unspecified atom stereocenters. The summed E-state index contributed by atoms with van der Waals surface area (Å²) in [6, 6.07) is 21.3. The molecular weight excluding hydrogens is 452 g/mol. The molecule has 3 aromatic carbocycles. The zero-order valence-corrected chi connectivity index (χ0v) is 20.0. The molecule has 7 nitrogen and oxygen atoms in total. The number of piperidine rings is 1. The first-order valence-electron chi connectivity index (χ1n) is 11.2. The van der Waals surface area contributed by atoms with Gasteiger partial charge in [0, 0.05) is 13.1 Å². The lowest BCUT2D eigenvalue weighted by Gasteiger charge is -2.31. The fourth-order valence-electron chi connectivity index (χ4n) is 4.04. The molecule has 1 saturated heterocycles. The molecular formula is C26H28N2O5S. The Labute approximate surface area is 200 Å². The molecule has 1 aliphatic heterocycles. The van der Waals surface area contributed by atoms with Crippen LogP contribution in [-0.4, -0.2) is 38.8 Å². The SMILES string of the molecule is COc1ccc(S(=O)(=O)N2CCCC(C(=O)Nc3ccccc3Oc3ccccc3)C2)cc1C. The van der Waals surface area contributed by atoms with E-state index in [9.17, 15) is 13.2 Å². The molecule has 0 aromatic heterocycles. The van der Waals surface area contributed by atoms with Crippen molar-refractivity contribution in [3.63, 3.8) is 0 Å². The van der Waals surface area contributed by atoms with Crippen molar-refractivity contribution >= 4 is 21.6 Å². The van der Waals surface area contributed by atoms with Crippen LogP contribution in [0.15, 0.2) is 77.7 Å². The van der Waals surface area contributed by atoms with Gasteiger partial charge in [-0.3, -0.25) is 4.79 Å². The van der Waals surface area contributed by atoms with Gasteiger partial charge in [-0.25, -0.2) is 8.42 Å². The van der Waals surface area contributed by atoms with Crippen LogP contribution in [-0.2, 0) is 14.8 Å². The van der Waals surface area contributed by atoms with Gasteiger partial charge in [-0.05, 0) is 67.8 Å². The van der Waals surface area contributed by atoms with Crippen molar-refractivity contribution in [3.05, 3.63) is 78.4 Å². The number of hydrogen-bond donors (Lipinski definition) is 1. The van der Waals surface area contributed by atoms with Crippen molar-refractivity contribution in [1.29, 1.82) is 0 Å². The molecule has 0 bridgehead atoms. The van der Waals surface area contributed by atoms with E-state index in [1.807, 2.05) is 42.5 Å². The number of ether oxygens (including phenoxy) is 2. The number of carbonyl (C=O) groups is 1. The van der Waals surface area contributed by atoms with Gasteiger partial charge in [0.25, 0.3) is 0 Å². The molecule has 1 aliphatic rings. The number of methoxy groups -OCH3 is 1. The maximum Gasteiger partial charge on any atom is 0.243 e. The minimum atomic E-state index is -3.72. The van der Waals surface area contributed by atoms with Gasteiger partial charge in [0.05, 0.1) is 23.6 Å². The van der Waals surface area contributed by atoms with Gasteiger partial charge < -0.3 is 14.8 Å². The largest absolute Gasteiger partial charge is 0.496 e. The van der Waals surface area contributed by atoms with E-state index in [0.29, 0.717) is 42.3 Å². The predicted molar refractivity (Wildman–Crippen MR) is 131 cm³/mol. The van der Waals surface area contributed by atoms with Gasteiger partial charge in [0.15, 0.2) is 5.75 Å². The summed E-state index contributed by atoms with van der Waals surface area (Å²) in [5.41, 5.74) is 1.28. The number of anilines is 1. The van der Waals surface area contributed by atoms with E-state index in [1.54, 1.807) is 44.4 Å². The predicted octanol–water partition coefficient (Wildman–Crippen LogP) is 4.84. The average Bonchev–Trinajstić information content (AvgIpc) is 2.86. The molecule has 1 amide bonds. The molecule has 1 N–H and O–H groups in total. The summed E-state index contributed by atoms with van der Waals surface area (Å²) in [5, 5.41) is 2.93. The molecule has 0 spiro atoms. The number of nitrogens with one attached hydrogen (secondary N) is 1. The lowest BCUT2D eigenvalue weighted by atomic mass is 9.98. The Morgan fingerprint density at radius 1 is 1.00 bits per heavy atom. The third-order valence-corrected chi connectivity index (χ3v) is 7.74. The lowest BCUT2D eigenvalue weighted by molar-refractivity contribution is -0.120. The van der Waals surface area contributed by atoms with E-state index >= 15 is 0 Å². The highest BCUT2D eigenvalue weighted by atomic mass is 32.2. The summed E-state index contributed by atoms with van der Waals surface area (Å²) < 4.78 is 39.1. The maximum absolute atomic E-state index is 13.3. The van der Waals surface area contributed by atoms with Crippen LogP contribution in [0, 0.1) is 12.8 Å². The Morgan fingerprint density at radius 2 is 1.74 bits per heavy atom. The van der Waals surface area contributed by atoms with Gasteiger partial charge in [-0.15, -0.1) is 0 Å². The second-order valence-electron chi connectivity index (χ2n) is 8.23. The van der Waals surface area contributed by atoms with Crippen molar-refractivity contribution < 1.29 is 22.7 Å². The van der Waals surface area contributed by atoms with Gasteiger partial charge in [-0.1, -0.05) is 30.3 Å². The highest BCUT2D eigenvalue weighted by Gasteiger charge is 2.33. The molecule has 0 radical (unpaired) electrons. The molecule has 178 valence electrons. The number of para-hydroxylation sites is 3. The molecule has 4 rings (SSSR count). The zero-order valence-electron chi connectivity index (χ0n) is 19.2. The summed E-state index contributed by atoms with van der Waals surface area (Å²) in [5.74, 6) is 1.12. The molecule has 3 aromatic rings. The first-order valence-corrected chi connectivity index (χ1v) is 12.6. The van der Waals surface area contributed by atoms with Gasteiger partial charge in [0.1, 0.15) is 11.5 Å². The Balaban J connectivity index is 1.48. The van der Waals surface area contributed by atoms with Crippen LogP contribution >= 0.6 is 0 Å². The normalized spacial score (nSPS) is 16.6. The van der Waals surface area contributed by atoms with Crippen molar-refractivity contribution in [2.75, 3.05) is 25.5 Å². The fraction of sp³-hybridized carbons (Fsp3) is 0.269. The molecule has 1 fully saturated rings. The van der Waals surface area contributed by atoms with Crippen molar-refractivity contribution in [1.82, 2.24) is 4.31 Å². The third-order valence-electron chi connectivity index (χ3n) is 5.87. The summed E-state index contributed by atoms with van der Waals surface area (Å²) >= 11 is 0. The number of hydrogen-bond acceptors (Lipinski definition) is 5. The van der Waals surface area contributed by atoms with E-state index in [4.69, 9.17) is 9.47 Å². The van der Waals surface area contributed by atoms with Crippen LogP contribution < -0.4 is 14.8 Å². The smallest absolute Gasteiger partial charge is 0.243 e. The van der Waals surface area contributed by atoms with Gasteiger partial charge in [-0.2, -0.15) is 4.31 Å². The zero-order chi connectivity index (χ0) is 24.1. The Morgan fingerprint density at radius 3 is 2.47 bits per heavy atom. The first-order chi connectivity index (χ1) is 16.4. The first kappa shape index (κ1) is 23.8. The Hall–Kier alpha value is -3.36. The lowest BCUT2D eigenvalue weighted by Crippen LogP contribution is -2.43. The second kappa shape index (κ2) is 10.3. The highest BCUT2D eigenvalue weighted by Crippen LogP contribution is 2.31. The summed E-state index contributed by atoms with van der Waals surface area (Å²) in [6.07, 6.45) is 1.22. The number of amides is 1. The second-order valence-corrected chi connectivity index (χ2v) is 10.2. The third kappa shape index (κ3) is 5.24. The van der Waals surface area contributed by atoms with Crippen molar-refractivity contribution in [3.8, 4) is 17.2 Å². The standard InChI is InChI=1S/C26H28N2O5S/c1-19-17-22(14-15-24(19)32-2)34(30,31)28-16-8-9-20(18-28)26(29)27-23-12-6-7-13-25(23)33-21-10-4-3-5-11-21/h3-7,10-15,17,20H,8-9,16,18H2,1-2H3,(H,27,29). The van der Waals surface area contributed by atoms with Crippen LogP contribution in [0.1, 0.15) is 18.4 Å². The monoisotopic (exact) mass is 480 g/mol. The quantitative estimate of drug-likeness (QED) is 0.523. The number of benzene rings is 3. The van der Waals surface area contributed by atoms with Crippen LogP contribution in [0.2, 0.25) is 0 Å². The van der Waals surface area contributed by atoms with Gasteiger partial charge in [0.2, 0.25) is 15.9 Å². The van der Waals surface area contributed by atoms with Crippen molar-refractivity contribution in [2.24, 2.45) is 5.92 Å². The fourth-order valence-corrected chi connectivity index (χ4v) is 5.65. The number of sulfonamides is 1. The van der Waals surface area contributed by atoms with Crippen LogP contribution in [0.5, 0.6) is 17.2 Å². The van der Waals surface area contributed by atoms with Crippen LogP contribution in [0.4, 0.5) is 5.69 Å². The van der Waals surface area contributed by atoms with E-state index in [-0.39, 0.29) is 17.3 Å². The van der Waals surface area contributed by atoms with E-state index < -0.39 is 15.9 Å². The Kier molecular flexibility index (Phi) is 7.19. The average molecular weight is 481 g/mol. The Bertz CT molecular complexity index is 1260. The van der Waals surface area contributed by atoms with E-state index in [1.165, 1.54) is 4.31 Å². The number of rotatable bonds is 7. The molecule has 8 heteroatoms. The topological polar surface area (TPSA) is 84.9 Å². The van der Waals surface area contributed by atoms with E-state index in [0.717, 1.165) is 5.56 Å². The summed E-state index contributed by atoms with van der Waals surface area (Å²) in [4.78, 5) is 13.3. The summed E-state index contributed by atoms with van der Waals surface area (Å²) in [7, 11) is -2.18. The number of nitrogens with zero attached hydrogens (tertiary/aromatic N) is 1. The number of carbonyl (C=O) groups excluding carboxylic acids is 1. The van der Waals surface area contributed by atoms with Crippen LogP contribution in [0.25, 0.3) is 0 Å². The molecule has 1 atom stereocenters. The highest BCUT2D eigenvalue weighted by molar-refractivity contribution is 7.89. The minimum Gasteiger partial charge on any atom is -0.496 e. The molecule has 0 saturated carbocycles. The molecule has 0 aliphatic carbocycles. The van der Waals surface area contributed by atoms with Crippen LogP contribution in [0.3, 0.4) is 0 Å². The van der Waals surface area contributed by atoms with Gasteiger partial charge >= 0.3 is 0 Å². The molecule has 34 heavy (non-hydrogen) atoms. The number of aryl methyl sites for hydroxylation is 1. The maximum atomic E-state index is 13.3. The van der Waals surface area contributed by atoms with E-state index in [2.05, 4.69) is 5.32 Å². The summed E-state index contributed by atoms with van der Waals surface area (Å²) in [6.45, 7) is 2.31. The molecule has 1 heterocycles. The van der Waals surface area contributed by atoms with Crippen molar-refractivity contribution in [2.45, 2.75) is 24.7 Å².